The molecule has 6 aromatic rings. The number of rotatable bonds is 11. The maximum Gasteiger partial charge on any atom is 0.305 e. The van der Waals surface area contributed by atoms with Gasteiger partial charge in [-0.25, -0.2) is 9.97 Å². The summed E-state index contributed by atoms with van der Waals surface area (Å²) in [5, 5.41) is 3.05. The van der Waals surface area contributed by atoms with Crippen LogP contribution in [-0.2, 0) is 28.2 Å². The molecule has 0 aliphatic heterocycles. The minimum atomic E-state index is -0.627. The summed E-state index contributed by atoms with van der Waals surface area (Å²) in [5.74, 6) is 0.786. The van der Waals surface area contributed by atoms with Crippen molar-refractivity contribution >= 4 is 51.0 Å². The average molecular weight is 652 g/mol. The number of para-hydroxylation sites is 2. The fraction of sp³-hybridized carbons (Fsp3) is 0.184. The van der Waals surface area contributed by atoms with E-state index in [1.807, 2.05) is 109 Å². The van der Waals surface area contributed by atoms with Gasteiger partial charge < -0.3 is 14.2 Å². The molecule has 0 N–H and O–H groups in total. The average Bonchev–Trinajstić information content (AvgIpc) is 3.09. The Morgan fingerprint density at radius 1 is 0.674 bits per heavy atom. The number of methoxy groups -OCH3 is 1. The Morgan fingerprint density at radius 2 is 1.15 bits per heavy atom. The first-order valence-corrected chi connectivity index (χ1v) is 15.7. The van der Waals surface area contributed by atoms with Crippen molar-refractivity contribution < 1.29 is 19.0 Å². The number of esters is 1. The number of halogens is 2. The summed E-state index contributed by atoms with van der Waals surface area (Å²) in [6.07, 6.45) is 0.675. The van der Waals surface area contributed by atoms with Crippen LogP contribution in [0.3, 0.4) is 0 Å². The molecule has 0 saturated carbocycles. The number of nitrogens with zero attached hydrogens (tertiary/aromatic N) is 2. The van der Waals surface area contributed by atoms with Gasteiger partial charge in [0.25, 0.3) is 0 Å². The van der Waals surface area contributed by atoms with Crippen molar-refractivity contribution in [1.82, 2.24) is 9.97 Å². The highest BCUT2D eigenvalue weighted by atomic mass is 35.5. The molecule has 0 amide bonds. The monoisotopic (exact) mass is 650 g/mol. The smallest absolute Gasteiger partial charge is 0.305 e. The summed E-state index contributed by atoms with van der Waals surface area (Å²) in [6.45, 7) is 2.61. The van der Waals surface area contributed by atoms with E-state index in [1.54, 1.807) is 0 Å². The first kappa shape index (κ1) is 31.3. The van der Waals surface area contributed by atoms with Gasteiger partial charge in [0.15, 0.2) is 0 Å². The van der Waals surface area contributed by atoms with Gasteiger partial charge in [-0.15, -0.1) is 0 Å². The van der Waals surface area contributed by atoms with Crippen molar-refractivity contribution in [3.8, 4) is 11.5 Å². The van der Waals surface area contributed by atoms with Crippen LogP contribution in [0, 0.1) is 0 Å². The van der Waals surface area contributed by atoms with Crippen LogP contribution in [0.25, 0.3) is 21.8 Å². The lowest BCUT2D eigenvalue weighted by atomic mass is 9.73. The molecule has 0 aliphatic carbocycles. The molecule has 0 fully saturated rings. The van der Waals surface area contributed by atoms with Crippen molar-refractivity contribution in [1.29, 1.82) is 0 Å². The van der Waals surface area contributed by atoms with Crippen molar-refractivity contribution in [3.05, 3.63) is 142 Å². The number of aromatic nitrogens is 2. The highest BCUT2D eigenvalue weighted by Crippen LogP contribution is 2.42. The Hall–Kier alpha value is -4.65. The molecule has 2 heterocycles. The van der Waals surface area contributed by atoms with Gasteiger partial charge in [0, 0.05) is 22.6 Å². The highest BCUT2D eigenvalue weighted by Gasteiger charge is 2.31. The van der Waals surface area contributed by atoms with E-state index in [9.17, 15) is 4.79 Å². The van der Waals surface area contributed by atoms with Gasteiger partial charge in [-0.3, -0.25) is 4.79 Å². The molecule has 2 aromatic heterocycles. The topological polar surface area (TPSA) is 70.5 Å². The van der Waals surface area contributed by atoms with E-state index in [0.29, 0.717) is 28.0 Å². The highest BCUT2D eigenvalue weighted by molar-refractivity contribution is 6.32. The third kappa shape index (κ3) is 6.94. The van der Waals surface area contributed by atoms with Crippen molar-refractivity contribution in [2.45, 2.75) is 38.4 Å². The second kappa shape index (κ2) is 13.8. The first-order chi connectivity index (χ1) is 22.3. The van der Waals surface area contributed by atoms with E-state index in [0.717, 1.165) is 44.3 Å². The molecule has 0 radical (unpaired) electrons. The Labute approximate surface area is 277 Å². The molecule has 8 heteroatoms. The normalized spacial score (nSPS) is 11.5. The fourth-order valence-electron chi connectivity index (χ4n) is 5.51. The maximum absolute atomic E-state index is 12.2. The number of hydrogen-bond donors (Lipinski definition) is 0. The number of carbonyl (C=O) groups is 1. The molecule has 0 spiro atoms. The van der Waals surface area contributed by atoms with Gasteiger partial charge >= 0.3 is 5.97 Å². The summed E-state index contributed by atoms with van der Waals surface area (Å²) in [5.41, 5.74) is 4.60. The van der Waals surface area contributed by atoms with Crippen LogP contribution in [0.5, 0.6) is 11.5 Å². The Balaban J connectivity index is 1.21. The van der Waals surface area contributed by atoms with Crippen LogP contribution in [0.2, 0.25) is 10.0 Å². The van der Waals surface area contributed by atoms with Gasteiger partial charge in [0.1, 0.15) is 24.7 Å². The zero-order chi connectivity index (χ0) is 32.1. The number of hydrogen-bond acceptors (Lipinski definition) is 6. The molecule has 0 unspecified atom stereocenters. The number of fused-ring (bicyclic) bond motifs is 2. The molecular formula is C38H32Cl2N2O4. The fourth-order valence-corrected chi connectivity index (χ4v) is 5.98. The van der Waals surface area contributed by atoms with Crippen LogP contribution in [0.4, 0.5) is 0 Å². The Bertz CT molecular complexity index is 1900. The van der Waals surface area contributed by atoms with Gasteiger partial charge in [0.05, 0.1) is 39.6 Å². The minimum absolute atomic E-state index is 0.208. The van der Waals surface area contributed by atoms with Crippen LogP contribution >= 0.6 is 23.2 Å². The number of ether oxygens (including phenoxy) is 3. The predicted molar refractivity (Wildman–Crippen MR) is 183 cm³/mol. The van der Waals surface area contributed by atoms with Crippen molar-refractivity contribution in [2.24, 2.45) is 0 Å². The van der Waals surface area contributed by atoms with Crippen LogP contribution in [0.1, 0.15) is 42.3 Å². The summed E-state index contributed by atoms with van der Waals surface area (Å²) >= 11 is 13.6. The second-order valence-corrected chi connectivity index (χ2v) is 12.1. The lowest BCUT2D eigenvalue weighted by molar-refractivity contribution is -0.140. The van der Waals surface area contributed by atoms with Gasteiger partial charge in [-0.1, -0.05) is 90.8 Å². The van der Waals surface area contributed by atoms with E-state index >= 15 is 0 Å². The van der Waals surface area contributed by atoms with Gasteiger partial charge in [-0.05, 0) is 66.1 Å². The van der Waals surface area contributed by atoms with E-state index in [2.05, 4.69) is 16.9 Å². The largest absolute Gasteiger partial charge is 0.486 e. The predicted octanol–water partition coefficient (Wildman–Crippen LogP) is 9.51. The molecule has 0 saturated heterocycles. The number of carbonyl (C=O) groups excluding carboxylic acids is 1. The van der Waals surface area contributed by atoms with E-state index < -0.39 is 5.41 Å². The van der Waals surface area contributed by atoms with Gasteiger partial charge in [-0.2, -0.15) is 0 Å². The summed E-state index contributed by atoms with van der Waals surface area (Å²) in [4.78, 5) is 21.6. The minimum Gasteiger partial charge on any atom is -0.486 e. The summed E-state index contributed by atoms with van der Waals surface area (Å²) < 4.78 is 17.1. The Morgan fingerprint density at radius 3 is 1.61 bits per heavy atom. The molecule has 6 rings (SSSR count). The standard InChI is InChI=1S/C38H32Cl2N2O4/c1-38(20-19-37(43)44-2,27-13-17-35(31(39)21-27)45-23-29-15-11-25-7-3-5-9-33(25)41-29)28-14-18-36(32(40)22-28)46-24-30-16-12-26-8-4-6-10-34(26)42-30/h3-18,21-22H,19-20,23-24H2,1-2H3. The maximum atomic E-state index is 12.2. The number of pyridine rings is 2. The second-order valence-electron chi connectivity index (χ2n) is 11.3. The first-order valence-electron chi connectivity index (χ1n) is 14.9. The molecule has 4 aromatic carbocycles. The van der Waals surface area contributed by atoms with Crippen LogP contribution in [-0.4, -0.2) is 23.0 Å². The lowest BCUT2D eigenvalue weighted by Gasteiger charge is -2.31. The van der Waals surface area contributed by atoms with Crippen molar-refractivity contribution in [3.63, 3.8) is 0 Å². The van der Waals surface area contributed by atoms with Crippen molar-refractivity contribution in [2.75, 3.05) is 7.11 Å². The molecule has 0 atom stereocenters. The number of benzene rings is 4. The molecule has 232 valence electrons. The van der Waals surface area contributed by atoms with Gasteiger partial charge in [0.2, 0.25) is 0 Å². The van der Waals surface area contributed by atoms with Crippen LogP contribution < -0.4 is 9.47 Å². The summed E-state index contributed by atoms with van der Waals surface area (Å²) in [7, 11) is 1.39. The van der Waals surface area contributed by atoms with E-state index in [4.69, 9.17) is 37.4 Å². The summed E-state index contributed by atoms with van der Waals surface area (Å²) in [6, 6.07) is 35.3. The molecule has 6 nitrogen and oxygen atoms in total. The zero-order valence-corrected chi connectivity index (χ0v) is 27.0. The zero-order valence-electron chi connectivity index (χ0n) is 25.5. The third-order valence-corrected chi connectivity index (χ3v) is 8.85. The molecule has 0 aliphatic rings. The van der Waals surface area contributed by atoms with E-state index in [-0.39, 0.29) is 25.6 Å². The molecular weight excluding hydrogens is 619 g/mol. The van der Waals surface area contributed by atoms with Crippen LogP contribution in [0.15, 0.2) is 109 Å². The quantitative estimate of drug-likeness (QED) is 0.130. The third-order valence-electron chi connectivity index (χ3n) is 8.26. The SMILES string of the molecule is COC(=O)CCC(C)(c1ccc(OCc2ccc3ccccc3n2)c(Cl)c1)c1ccc(OCc2ccc3ccccc3n2)c(Cl)c1. The molecule has 46 heavy (non-hydrogen) atoms. The Kier molecular flexibility index (Phi) is 9.38. The van der Waals surface area contributed by atoms with E-state index in [1.165, 1.54) is 7.11 Å². The lowest BCUT2D eigenvalue weighted by Crippen LogP contribution is -2.25. The molecule has 0 bridgehead atoms.